The summed E-state index contributed by atoms with van der Waals surface area (Å²) in [5, 5.41) is 4.10. The number of rotatable bonds is 7. The molecule has 1 atom stereocenters. The summed E-state index contributed by atoms with van der Waals surface area (Å²) in [5.74, 6) is -1.64. The minimum absolute atomic E-state index is 0.243. The third-order valence-corrected chi connectivity index (χ3v) is 3.72. The van der Waals surface area contributed by atoms with Crippen molar-refractivity contribution in [3.05, 3.63) is 48.3 Å². The number of para-hydroxylation sites is 1. The average molecular weight is 329 g/mol. The Morgan fingerprint density at radius 3 is 2.50 bits per heavy atom. The molecule has 0 spiro atoms. The van der Waals surface area contributed by atoms with Crippen LogP contribution in [0.5, 0.6) is 0 Å². The quantitative estimate of drug-likeness (QED) is 0.577. The fourth-order valence-corrected chi connectivity index (χ4v) is 2.59. The lowest BCUT2D eigenvalue weighted by Crippen LogP contribution is -2.41. The molecule has 24 heavy (non-hydrogen) atoms. The van der Waals surface area contributed by atoms with Gasteiger partial charge in [0.2, 0.25) is 5.91 Å². The summed E-state index contributed by atoms with van der Waals surface area (Å²) < 4.78 is 6.77. The Kier molecular flexibility index (Phi) is 6.12. The van der Waals surface area contributed by atoms with Crippen molar-refractivity contribution in [1.82, 2.24) is 9.78 Å². The monoisotopic (exact) mass is 329 g/mol. The molecule has 1 unspecified atom stereocenters. The zero-order valence-corrected chi connectivity index (χ0v) is 14.3. The molecule has 1 heterocycles. The Hall–Kier alpha value is -2.63. The van der Waals surface area contributed by atoms with Gasteiger partial charge in [0.1, 0.15) is 5.92 Å². The van der Waals surface area contributed by atoms with E-state index in [1.807, 2.05) is 37.3 Å². The van der Waals surface area contributed by atoms with E-state index in [0.717, 1.165) is 11.3 Å². The van der Waals surface area contributed by atoms with E-state index in [-0.39, 0.29) is 18.9 Å². The smallest absolute Gasteiger partial charge is 0.318 e. The van der Waals surface area contributed by atoms with Gasteiger partial charge in [0, 0.05) is 25.5 Å². The molecule has 0 aliphatic rings. The molecular weight excluding hydrogens is 306 g/mol. The maximum atomic E-state index is 13.0. The number of hydrogen-bond donors (Lipinski definition) is 0. The fourth-order valence-electron chi connectivity index (χ4n) is 2.59. The molecule has 0 aliphatic carbocycles. The number of carbonyl (C=O) groups excluding carboxylic acids is 2. The topological polar surface area (TPSA) is 64.4 Å². The Balaban J connectivity index is 2.27. The van der Waals surface area contributed by atoms with Gasteiger partial charge >= 0.3 is 5.97 Å². The highest BCUT2D eigenvalue weighted by atomic mass is 16.5. The van der Waals surface area contributed by atoms with Gasteiger partial charge in [0.05, 0.1) is 12.8 Å². The molecule has 6 nitrogen and oxygen atoms in total. The number of hydrogen-bond acceptors (Lipinski definition) is 4. The molecule has 0 fully saturated rings. The third kappa shape index (κ3) is 4.22. The number of aromatic nitrogens is 2. The van der Waals surface area contributed by atoms with Crippen LogP contribution in [0.4, 0.5) is 5.69 Å². The summed E-state index contributed by atoms with van der Waals surface area (Å²) in [4.78, 5) is 27.0. The second kappa shape index (κ2) is 8.29. The van der Waals surface area contributed by atoms with Gasteiger partial charge in [-0.1, -0.05) is 18.2 Å². The largest absolute Gasteiger partial charge is 0.465 e. The van der Waals surface area contributed by atoms with E-state index in [1.54, 1.807) is 35.9 Å². The number of nitrogens with zero attached hydrogens (tertiary/aromatic N) is 3. The van der Waals surface area contributed by atoms with Crippen LogP contribution in [0.25, 0.3) is 0 Å². The van der Waals surface area contributed by atoms with Crippen molar-refractivity contribution in [2.75, 3.05) is 18.1 Å². The minimum atomic E-state index is -0.880. The van der Waals surface area contributed by atoms with Crippen LogP contribution in [0.1, 0.15) is 19.4 Å². The van der Waals surface area contributed by atoms with Crippen molar-refractivity contribution in [2.45, 2.75) is 20.3 Å². The van der Waals surface area contributed by atoms with E-state index in [9.17, 15) is 9.59 Å². The van der Waals surface area contributed by atoms with Gasteiger partial charge in [-0.05, 0) is 38.0 Å². The molecular formula is C18H23N3O3. The number of carbonyl (C=O) groups is 2. The van der Waals surface area contributed by atoms with Crippen molar-refractivity contribution in [1.29, 1.82) is 0 Å². The zero-order valence-electron chi connectivity index (χ0n) is 14.3. The van der Waals surface area contributed by atoms with E-state index in [2.05, 4.69) is 5.10 Å². The molecule has 0 aliphatic heterocycles. The standard InChI is InChI=1S/C18H23N3O3/c1-4-21(15-9-7-6-8-10-15)17(22)16(18(23)24-5-2)11-14-12-19-20(3)13-14/h6-10,12-13,16H,4-5,11H2,1-3H3. The molecule has 2 rings (SSSR count). The fraction of sp³-hybridized carbons (Fsp3) is 0.389. The molecule has 2 aromatic rings. The molecule has 0 saturated heterocycles. The lowest BCUT2D eigenvalue weighted by Gasteiger charge is -2.25. The highest BCUT2D eigenvalue weighted by Crippen LogP contribution is 2.19. The SMILES string of the molecule is CCOC(=O)C(Cc1cnn(C)c1)C(=O)N(CC)c1ccccc1. The van der Waals surface area contributed by atoms with Crippen molar-refractivity contribution >= 4 is 17.6 Å². The average Bonchev–Trinajstić information content (AvgIpc) is 2.99. The summed E-state index contributed by atoms with van der Waals surface area (Å²) in [5.41, 5.74) is 1.60. The molecule has 1 amide bonds. The lowest BCUT2D eigenvalue weighted by atomic mass is 9.99. The van der Waals surface area contributed by atoms with Crippen LogP contribution in [-0.2, 0) is 27.8 Å². The molecule has 128 valence electrons. The predicted molar refractivity (Wildman–Crippen MR) is 91.5 cm³/mol. The van der Waals surface area contributed by atoms with Crippen LogP contribution in [0, 0.1) is 5.92 Å². The van der Waals surface area contributed by atoms with Gasteiger partial charge < -0.3 is 9.64 Å². The number of amides is 1. The van der Waals surface area contributed by atoms with Crippen LogP contribution >= 0.6 is 0 Å². The highest BCUT2D eigenvalue weighted by molar-refractivity contribution is 6.06. The summed E-state index contributed by atoms with van der Waals surface area (Å²) >= 11 is 0. The summed E-state index contributed by atoms with van der Waals surface area (Å²) in [6, 6.07) is 9.33. The van der Waals surface area contributed by atoms with Crippen molar-refractivity contribution in [2.24, 2.45) is 13.0 Å². The van der Waals surface area contributed by atoms with Crippen molar-refractivity contribution in [3.8, 4) is 0 Å². The number of ether oxygens (including phenoxy) is 1. The van der Waals surface area contributed by atoms with Crippen LogP contribution in [0.3, 0.4) is 0 Å². The predicted octanol–water partition coefficient (Wildman–Crippen LogP) is 2.19. The Morgan fingerprint density at radius 1 is 1.25 bits per heavy atom. The second-order valence-corrected chi connectivity index (χ2v) is 5.45. The number of aryl methyl sites for hydroxylation is 1. The normalized spacial score (nSPS) is 11.8. The molecule has 0 radical (unpaired) electrons. The first-order chi connectivity index (χ1) is 11.6. The van der Waals surface area contributed by atoms with E-state index < -0.39 is 11.9 Å². The zero-order chi connectivity index (χ0) is 17.5. The van der Waals surface area contributed by atoms with Crippen LogP contribution in [-0.4, -0.2) is 34.8 Å². The Morgan fingerprint density at radius 2 is 1.96 bits per heavy atom. The van der Waals surface area contributed by atoms with Crippen molar-refractivity contribution in [3.63, 3.8) is 0 Å². The molecule has 6 heteroatoms. The highest BCUT2D eigenvalue weighted by Gasteiger charge is 2.32. The van der Waals surface area contributed by atoms with Crippen LogP contribution in [0.2, 0.25) is 0 Å². The molecule has 1 aromatic carbocycles. The summed E-state index contributed by atoms with van der Waals surface area (Å²) in [7, 11) is 1.80. The molecule has 1 aromatic heterocycles. The summed E-state index contributed by atoms with van der Waals surface area (Å²) in [6.45, 7) is 4.34. The third-order valence-electron chi connectivity index (χ3n) is 3.72. The Labute approximate surface area is 142 Å². The van der Waals surface area contributed by atoms with Gasteiger partial charge in [-0.3, -0.25) is 14.3 Å². The Bertz CT molecular complexity index is 682. The number of benzene rings is 1. The van der Waals surface area contributed by atoms with Gasteiger partial charge in [-0.25, -0.2) is 0 Å². The van der Waals surface area contributed by atoms with E-state index in [4.69, 9.17) is 4.74 Å². The van der Waals surface area contributed by atoms with E-state index >= 15 is 0 Å². The molecule has 0 saturated carbocycles. The number of anilines is 1. The van der Waals surface area contributed by atoms with E-state index in [1.165, 1.54) is 0 Å². The molecule has 0 bridgehead atoms. The summed E-state index contributed by atoms with van der Waals surface area (Å²) in [6.07, 6.45) is 3.74. The van der Waals surface area contributed by atoms with Gasteiger partial charge in [-0.15, -0.1) is 0 Å². The first kappa shape index (κ1) is 17.7. The maximum Gasteiger partial charge on any atom is 0.318 e. The lowest BCUT2D eigenvalue weighted by molar-refractivity contribution is -0.151. The van der Waals surface area contributed by atoms with Crippen molar-refractivity contribution < 1.29 is 14.3 Å². The van der Waals surface area contributed by atoms with Gasteiger partial charge in [0.25, 0.3) is 0 Å². The maximum absolute atomic E-state index is 13.0. The second-order valence-electron chi connectivity index (χ2n) is 5.45. The van der Waals surface area contributed by atoms with E-state index in [0.29, 0.717) is 6.54 Å². The first-order valence-electron chi connectivity index (χ1n) is 8.07. The van der Waals surface area contributed by atoms with Crippen LogP contribution in [0.15, 0.2) is 42.7 Å². The first-order valence-corrected chi connectivity index (χ1v) is 8.07. The number of esters is 1. The van der Waals surface area contributed by atoms with Crippen LogP contribution < -0.4 is 4.90 Å². The van der Waals surface area contributed by atoms with Gasteiger partial charge in [0.15, 0.2) is 0 Å². The molecule has 0 N–H and O–H groups in total. The minimum Gasteiger partial charge on any atom is -0.465 e. The van der Waals surface area contributed by atoms with Gasteiger partial charge in [-0.2, -0.15) is 5.10 Å².